The van der Waals surface area contributed by atoms with Crippen LogP contribution in [0, 0.1) is 5.92 Å². The number of rotatable bonds is 6. The van der Waals surface area contributed by atoms with Crippen LogP contribution in [0.2, 0.25) is 0 Å². The summed E-state index contributed by atoms with van der Waals surface area (Å²) in [6, 6.07) is 12.4. The molecule has 1 saturated heterocycles. The van der Waals surface area contributed by atoms with Gasteiger partial charge in [-0.3, -0.25) is 14.9 Å². The summed E-state index contributed by atoms with van der Waals surface area (Å²) in [6.07, 6.45) is 0. The fourth-order valence-corrected chi connectivity index (χ4v) is 3.91. The molecule has 1 aliphatic rings. The number of hydrogen-bond donors (Lipinski definition) is 2. The third-order valence-electron chi connectivity index (χ3n) is 5.18. The first-order valence-corrected chi connectivity index (χ1v) is 12.1. The van der Waals surface area contributed by atoms with E-state index in [9.17, 15) is 9.59 Å². The Morgan fingerprint density at radius 3 is 2.48 bits per heavy atom. The lowest BCUT2D eigenvalue weighted by atomic mass is 10.1. The number of thiocarbonyl (C=S) groups is 1. The molecule has 0 aromatic heterocycles. The molecule has 33 heavy (non-hydrogen) atoms. The third kappa shape index (κ3) is 6.99. The first kappa shape index (κ1) is 25.1. The van der Waals surface area contributed by atoms with Gasteiger partial charge in [-0.1, -0.05) is 41.9 Å². The summed E-state index contributed by atoms with van der Waals surface area (Å²) in [7, 11) is 2.04. The zero-order valence-electron chi connectivity index (χ0n) is 19.1. The minimum Gasteiger partial charge on any atom is -0.492 e. The minimum atomic E-state index is -0.393. The molecular formula is C24H29BrN4O3S. The third-order valence-corrected chi connectivity index (χ3v) is 5.88. The fraction of sp³-hybridized carbons (Fsp3) is 0.375. The number of hydrogen-bond acceptors (Lipinski definition) is 5. The van der Waals surface area contributed by atoms with Crippen molar-refractivity contribution in [1.29, 1.82) is 0 Å². The Bertz CT molecular complexity index is 1020. The molecular weight excluding hydrogens is 504 g/mol. The van der Waals surface area contributed by atoms with Gasteiger partial charge >= 0.3 is 0 Å². The molecule has 2 amide bonds. The molecule has 0 saturated carbocycles. The molecule has 176 valence electrons. The molecule has 2 aromatic rings. The van der Waals surface area contributed by atoms with Crippen LogP contribution in [-0.2, 0) is 0 Å². The van der Waals surface area contributed by atoms with E-state index in [2.05, 4.69) is 31.5 Å². The van der Waals surface area contributed by atoms with Gasteiger partial charge in [0.05, 0.1) is 23.4 Å². The Hall–Kier alpha value is -2.49. The maximum absolute atomic E-state index is 13.1. The number of amides is 2. The molecule has 0 radical (unpaired) electrons. The lowest BCUT2D eigenvalue weighted by Crippen LogP contribution is -2.47. The van der Waals surface area contributed by atoms with Crippen molar-refractivity contribution in [2.24, 2.45) is 5.92 Å². The molecule has 2 N–H and O–H groups in total. The second-order valence-electron chi connectivity index (χ2n) is 8.39. The highest BCUT2D eigenvalue weighted by molar-refractivity contribution is 9.10. The van der Waals surface area contributed by atoms with E-state index in [1.165, 1.54) is 0 Å². The van der Waals surface area contributed by atoms with E-state index in [0.29, 0.717) is 48.2 Å². The topological polar surface area (TPSA) is 73.9 Å². The number of halogens is 1. The second-order valence-corrected chi connectivity index (χ2v) is 9.72. The van der Waals surface area contributed by atoms with E-state index in [-0.39, 0.29) is 11.0 Å². The SMILES string of the molecule is CC(C)COc1ccc(Br)cc1C(=O)NC(=S)Nc1ccccc1C(=O)N1CCN(C)CC1. The highest BCUT2D eigenvalue weighted by Gasteiger charge is 2.23. The summed E-state index contributed by atoms with van der Waals surface area (Å²) in [6.45, 7) is 7.59. The largest absolute Gasteiger partial charge is 0.492 e. The molecule has 1 fully saturated rings. The van der Waals surface area contributed by atoms with E-state index >= 15 is 0 Å². The molecule has 0 unspecified atom stereocenters. The number of carbonyl (C=O) groups is 2. The van der Waals surface area contributed by atoms with E-state index in [1.54, 1.807) is 24.3 Å². The van der Waals surface area contributed by atoms with Crippen molar-refractivity contribution in [2.45, 2.75) is 13.8 Å². The van der Waals surface area contributed by atoms with Gasteiger partial charge in [0.25, 0.3) is 11.8 Å². The highest BCUT2D eigenvalue weighted by Crippen LogP contribution is 2.24. The van der Waals surface area contributed by atoms with Gasteiger partial charge in [-0.05, 0) is 55.5 Å². The monoisotopic (exact) mass is 532 g/mol. The summed E-state index contributed by atoms with van der Waals surface area (Å²) in [5.41, 5.74) is 1.44. The molecule has 2 aromatic carbocycles. The summed E-state index contributed by atoms with van der Waals surface area (Å²) < 4.78 is 6.56. The first-order valence-electron chi connectivity index (χ1n) is 10.9. The maximum Gasteiger partial charge on any atom is 0.261 e. The van der Waals surface area contributed by atoms with Crippen LogP contribution in [0.25, 0.3) is 0 Å². The van der Waals surface area contributed by atoms with Crippen LogP contribution < -0.4 is 15.4 Å². The van der Waals surface area contributed by atoms with Crippen LogP contribution in [0.4, 0.5) is 5.69 Å². The van der Waals surface area contributed by atoms with Gasteiger partial charge in [-0.25, -0.2) is 0 Å². The smallest absolute Gasteiger partial charge is 0.261 e. The molecule has 1 aliphatic heterocycles. The lowest BCUT2D eigenvalue weighted by Gasteiger charge is -2.32. The number of nitrogens with zero attached hydrogens (tertiary/aromatic N) is 2. The number of para-hydroxylation sites is 1. The number of carbonyl (C=O) groups excluding carboxylic acids is 2. The van der Waals surface area contributed by atoms with Crippen LogP contribution in [0.15, 0.2) is 46.9 Å². The van der Waals surface area contributed by atoms with Crippen LogP contribution in [0.3, 0.4) is 0 Å². The van der Waals surface area contributed by atoms with E-state index in [1.807, 2.05) is 44.0 Å². The van der Waals surface area contributed by atoms with Crippen molar-refractivity contribution >= 4 is 50.8 Å². The molecule has 0 aliphatic carbocycles. The van der Waals surface area contributed by atoms with Crippen LogP contribution in [0.5, 0.6) is 5.75 Å². The zero-order valence-corrected chi connectivity index (χ0v) is 21.5. The lowest BCUT2D eigenvalue weighted by molar-refractivity contribution is 0.0665. The molecule has 9 heteroatoms. The van der Waals surface area contributed by atoms with Gasteiger partial charge in [-0.2, -0.15) is 0 Å². The summed E-state index contributed by atoms with van der Waals surface area (Å²) in [5.74, 6) is 0.353. The number of nitrogens with one attached hydrogen (secondary N) is 2. The van der Waals surface area contributed by atoms with Gasteiger partial charge in [0.15, 0.2) is 5.11 Å². The molecule has 1 heterocycles. The average molecular weight is 533 g/mol. The molecule has 0 atom stereocenters. The second kappa shape index (κ2) is 11.6. The van der Waals surface area contributed by atoms with Crippen LogP contribution in [-0.4, -0.2) is 66.6 Å². The van der Waals surface area contributed by atoms with E-state index < -0.39 is 5.91 Å². The first-order chi connectivity index (χ1) is 15.7. The summed E-state index contributed by atoms with van der Waals surface area (Å²) in [5, 5.41) is 5.82. The molecule has 0 spiro atoms. The van der Waals surface area contributed by atoms with Gasteiger partial charge in [0.1, 0.15) is 5.75 Å². The summed E-state index contributed by atoms with van der Waals surface area (Å²) >= 11 is 8.79. The number of piperazine rings is 1. The van der Waals surface area contributed by atoms with E-state index in [0.717, 1.165) is 17.6 Å². The quantitative estimate of drug-likeness (QED) is 0.547. The standard InChI is InChI=1S/C24H29BrN4O3S/c1-16(2)15-32-21-9-8-17(25)14-19(21)22(30)27-24(33)26-20-7-5-4-6-18(20)23(31)29-12-10-28(3)11-13-29/h4-9,14,16H,10-13,15H2,1-3H3,(H2,26,27,30,33). The number of ether oxygens (including phenoxy) is 1. The van der Waals surface area contributed by atoms with Gasteiger partial charge in [0.2, 0.25) is 0 Å². The van der Waals surface area contributed by atoms with E-state index in [4.69, 9.17) is 17.0 Å². The Morgan fingerprint density at radius 1 is 1.09 bits per heavy atom. The minimum absolute atomic E-state index is 0.0586. The average Bonchev–Trinajstić information content (AvgIpc) is 2.78. The maximum atomic E-state index is 13.1. The molecule has 3 rings (SSSR count). The van der Waals surface area contributed by atoms with Gasteiger partial charge in [0, 0.05) is 30.7 Å². The fourth-order valence-electron chi connectivity index (χ4n) is 3.34. The van der Waals surface area contributed by atoms with Crippen LogP contribution in [0.1, 0.15) is 34.6 Å². The van der Waals surface area contributed by atoms with Crippen LogP contribution >= 0.6 is 28.1 Å². The predicted molar refractivity (Wildman–Crippen MR) is 138 cm³/mol. The van der Waals surface area contributed by atoms with Crippen molar-refractivity contribution < 1.29 is 14.3 Å². The molecule has 0 bridgehead atoms. The highest BCUT2D eigenvalue weighted by atomic mass is 79.9. The molecule has 7 nitrogen and oxygen atoms in total. The van der Waals surface area contributed by atoms with Gasteiger partial charge in [-0.15, -0.1) is 0 Å². The van der Waals surface area contributed by atoms with Gasteiger partial charge < -0.3 is 19.9 Å². The Labute approximate surface area is 208 Å². The van der Waals surface area contributed by atoms with Crippen molar-refractivity contribution in [2.75, 3.05) is 45.2 Å². The Morgan fingerprint density at radius 2 is 1.79 bits per heavy atom. The number of likely N-dealkylation sites (N-methyl/N-ethyl adjacent to an activating group) is 1. The number of benzene rings is 2. The summed E-state index contributed by atoms with van der Waals surface area (Å²) in [4.78, 5) is 30.0. The normalized spacial score (nSPS) is 14.2. The van der Waals surface area contributed by atoms with Crippen molar-refractivity contribution in [3.63, 3.8) is 0 Å². The van der Waals surface area contributed by atoms with Crippen molar-refractivity contribution in [3.05, 3.63) is 58.1 Å². The zero-order chi connectivity index (χ0) is 24.0. The Kier molecular flexibility index (Phi) is 8.82. The van der Waals surface area contributed by atoms with Crippen molar-refractivity contribution in [1.82, 2.24) is 15.1 Å². The van der Waals surface area contributed by atoms with Crippen molar-refractivity contribution in [3.8, 4) is 5.75 Å². The number of anilines is 1. The predicted octanol–water partition coefficient (Wildman–Crippen LogP) is 4.00. The Balaban J connectivity index is 1.70.